The number of carbonyl (C=O) groups is 2. The van der Waals surface area contributed by atoms with Crippen LogP contribution in [0.15, 0.2) is 42.5 Å². The molecule has 1 aliphatic carbocycles. The molecule has 1 aliphatic rings. The summed E-state index contributed by atoms with van der Waals surface area (Å²) in [5, 5.41) is 2.71. The Bertz CT molecular complexity index is 801. The SMILES string of the molecule is C[C@H](Oc1ccc2c(c1)CCCC2)C(=O)Nc1ccccc1C(N)=O. The van der Waals surface area contributed by atoms with E-state index in [9.17, 15) is 9.59 Å². The number of aryl methyl sites for hydroxylation is 2. The third-order valence-corrected chi connectivity index (χ3v) is 4.45. The third kappa shape index (κ3) is 3.99. The van der Waals surface area contributed by atoms with Crippen molar-refractivity contribution in [3.63, 3.8) is 0 Å². The van der Waals surface area contributed by atoms with Crippen molar-refractivity contribution >= 4 is 17.5 Å². The number of hydrogen-bond acceptors (Lipinski definition) is 3. The molecule has 0 radical (unpaired) electrons. The van der Waals surface area contributed by atoms with Crippen molar-refractivity contribution in [3.05, 3.63) is 59.2 Å². The van der Waals surface area contributed by atoms with E-state index >= 15 is 0 Å². The Labute approximate surface area is 147 Å². The van der Waals surface area contributed by atoms with E-state index in [0.717, 1.165) is 12.8 Å². The number of primary amides is 1. The topological polar surface area (TPSA) is 81.4 Å². The minimum atomic E-state index is -0.692. The molecule has 0 aliphatic heterocycles. The standard InChI is InChI=1S/C20H22N2O3/c1-13(20(24)22-18-9-5-4-8-17(18)19(21)23)25-16-11-10-14-6-2-3-7-15(14)12-16/h4-5,8-13H,2-3,6-7H2,1H3,(H2,21,23)(H,22,24)/t13-/m0/s1. The fourth-order valence-electron chi connectivity index (χ4n) is 3.08. The highest BCUT2D eigenvalue weighted by atomic mass is 16.5. The van der Waals surface area contributed by atoms with E-state index in [2.05, 4.69) is 11.4 Å². The predicted molar refractivity (Wildman–Crippen MR) is 96.8 cm³/mol. The van der Waals surface area contributed by atoms with Crippen LogP contribution in [-0.2, 0) is 17.6 Å². The number of amides is 2. The Morgan fingerprint density at radius 2 is 1.80 bits per heavy atom. The van der Waals surface area contributed by atoms with Gasteiger partial charge in [-0.05, 0) is 68.0 Å². The lowest BCUT2D eigenvalue weighted by molar-refractivity contribution is -0.122. The first-order valence-corrected chi connectivity index (χ1v) is 8.53. The van der Waals surface area contributed by atoms with Crippen molar-refractivity contribution in [2.75, 3.05) is 5.32 Å². The first-order chi connectivity index (χ1) is 12.0. The van der Waals surface area contributed by atoms with Gasteiger partial charge in [-0.3, -0.25) is 9.59 Å². The zero-order chi connectivity index (χ0) is 17.8. The van der Waals surface area contributed by atoms with Crippen molar-refractivity contribution in [3.8, 4) is 5.75 Å². The van der Waals surface area contributed by atoms with Crippen LogP contribution in [0.3, 0.4) is 0 Å². The van der Waals surface area contributed by atoms with Gasteiger partial charge in [0.1, 0.15) is 5.75 Å². The van der Waals surface area contributed by atoms with Gasteiger partial charge in [0.25, 0.3) is 11.8 Å². The normalized spacial score (nSPS) is 14.3. The zero-order valence-electron chi connectivity index (χ0n) is 14.2. The second-order valence-electron chi connectivity index (χ2n) is 6.30. The van der Waals surface area contributed by atoms with Crippen molar-refractivity contribution in [2.45, 2.75) is 38.7 Å². The lowest BCUT2D eigenvalue weighted by atomic mass is 9.92. The molecule has 1 atom stereocenters. The summed E-state index contributed by atoms with van der Waals surface area (Å²) in [5.74, 6) is -0.225. The Hall–Kier alpha value is -2.82. The van der Waals surface area contributed by atoms with Gasteiger partial charge < -0.3 is 15.8 Å². The molecule has 130 valence electrons. The molecular formula is C20H22N2O3. The van der Waals surface area contributed by atoms with Gasteiger partial charge in [0.05, 0.1) is 11.3 Å². The number of benzene rings is 2. The summed E-state index contributed by atoms with van der Waals surface area (Å²) < 4.78 is 5.79. The van der Waals surface area contributed by atoms with Gasteiger partial charge in [-0.1, -0.05) is 18.2 Å². The van der Waals surface area contributed by atoms with Crippen molar-refractivity contribution in [1.29, 1.82) is 0 Å². The number of fused-ring (bicyclic) bond motifs is 1. The molecule has 3 N–H and O–H groups in total. The summed E-state index contributed by atoms with van der Waals surface area (Å²) in [7, 11) is 0. The molecule has 0 saturated carbocycles. The zero-order valence-corrected chi connectivity index (χ0v) is 14.2. The van der Waals surface area contributed by atoms with Crippen LogP contribution in [0.4, 0.5) is 5.69 Å². The van der Waals surface area contributed by atoms with Crippen LogP contribution in [0.2, 0.25) is 0 Å². The van der Waals surface area contributed by atoms with Crippen molar-refractivity contribution in [1.82, 2.24) is 0 Å². The van der Waals surface area contributed by atoms with E-state index in [1.165, 1.54) is 24.0 Å². The molecule has 2 aromatic rings. The lowest BCUT2D eigenvalue weighted by Gasteiger charge is -2.19. The average molecular weight is 338 g/mol. The number of nitrogens with one attached hydrogen (secondary N) is 1. The summed E-state index contributed by atoms with van der Waals surface area (Å²) >= 11 is 0. The highest BCUT2D eigenvalue weighted by molar-refractivity contribution is 6.03. The van der Waals surface area contributed by atoms with Gasteiger partial charge in [0.15, 0.2) is 6.10 Å². The second-order valence-corrected chi connectivity index (χ2v) is 6.30. The van der Waals surface area contributed by atoms with Crippen LogP contribution < -0.4 is 15.8 Å². The smallest absolute Gasteiger partial charge is 0.265 e. The van der Waals surface area contributed by atoms with Gasteiger partial charge in [-0.2, -0.15) is 0 Å². The first-order valence-electron chi connectivity index (χ1n) is 8.53. The Morgan fingerprint density at radius 1 is 1.08 bits per heavy atom. The maximum Gasteiger partial charge on any atom is 0.265 e. The minimum Gasteiger partial charge on any atom is -0.481 e. The third-order valence-electron chi connectivity index (χ3n) is 4.45. The van der Waals surface area contributed by atoms with Gasteiger partial charge in [-0.15, -0.1) is 0 Å². The molecule has 0 saturated heterocycles. The van der Waals surface area contributed by atoms with Crippen LogP contribution in [-0.4, -0.2) is 17.9 Å². The summed E-state index contributed by atoms with van der Waals surface area (Å²) in [5.41, 5.74) is 8.67. The number of para-hydroxylation sites is 1. The number of ether oxygens (including phenoxy) is 1. The highest BCUT2D eigenvalue weighted by Crippen LogP contribution is 2.26. The quantitative estimate of drug-likeness (QED) is 0.879. The van der Waals surface area contributed by atoms with E-state index in [-0.39, 0.29) is 11.5 Å². The molecule has 0 heterocycles. The summed E-state index contributed by atoms with van der Waals surface area (Å²) in [6.45, 7) is 1.68. The Morgan fingerprint density at radius 3 is 2.56 bits per heavy atom. The molecule has 5 nitrogen and oxygen atoms in total. The molecule has 0 bridgehead atoms. The molecule has 2 amide bonds. The van der Waals surface area contributed by atoms with E-state index < -0.39 is 12.0 Å². The van der Waals surface area contributed by atoms with Gasteiger partial charge in [0.2, 0.25) is 0 Å². The van der Waals surface area contributed by atoms with Crippen LogP contribution >= 0.6 is 0 Å². The summed E-state index contributed by atoms with van der Waals surface area (Å²) in [6, 6.07) is 12.7. The van der Waals surface area contributed by atoms with Gasteiger partial charge in [-0.25, -0.2) is 0 Å². The monoisotopic (exact) mass is 338 g/mol. The molecule has 2 aromatic carbocycles. The van der Waals surface area contributed by atoms with Gasteiger partial charge >= 0.3 is 0 Å². The maximum absolute atomic E-state index is 12.4. The Balaban J connectivity index is 1.68. The largest absolute Gasteiger partial charge is 0.481 e. The molecular weight excluding hydrogens is 316 g/mol. The van der Waals surface area contributed by atoms with Crippen LogP contribution in [0, 0.1) is 0 Å². The number of rotatable bonds is 5. The van der Waals surface area contributed by atoms with Crippen LogP contribution in [0.1, 0.15) is 41.3 Å². The molecule has 25 heavy (non-hydrogen) atoms. The molecule has 5 heteroatoms. The lowest BCUT2D eigenvalue weighted by Crippen LogP contribution is -2.31. The van der Waals surface area contributed by atoms with E-state index in [1.807, 2.05) is 12.1 Å². The van der Waals surface area contributed by atoms with E-state index in [0.29, 0.717) is 11.4 Å². The molecule has 0 aromatic heterocycles. The van der Waals surface area contributed by atoms with Gasteiger partial charge in [0, 0.05) is 0 Å². The minimum absolute atomic E-state index is 0.275. The fourth-order valence-corrected chi connectivity index (χ4v) is 3.08. The van der Waals surface area contributed by atoms with Crippen LogP contribution in [0.25, 0.3) is 0 Å². The molecule has 0 spiro atoms. The summed E-state index contributed by atoms with van der Waals surface area (Å²) in [4.78, 5) is 23.8. The molecule has 0 unspecified atom stereocenters. The maximum atomic E-state index is 12.4. The van der Waals surface area contributed by atoms with Crippen molar-refractivity contribution < 1.29 is 14.3 Å². The first kappa shape index (κ1) is 17.0. The fraction of sp³-hybridized carbons (Fsp3) is 0.300. The molecule has 3 rings (SSSR count). The summed E-state index contributed by atoms with van der Waals surface area (Å²) in [6.07, 6.45) is 3.89. The number of carbonyl (C=O) groups excluding carboxylic acids is 2. The van der Waals surface area contributed by atoms with E-state index in [4.69, 9.17) is 10.5 Å². The molecule has 0 fully saturated rings. The van der Waals surface area contributed by atoms with Crippen LogP contribution in [0.5, 0.6) is 5.75 Å². The highest BCUT2D eigenvalue weighted by Gasteiger charge is 2.18. The Kier molecular flexibility index (Phi) is 5.03. The number of nitrogens with two attached hydrogens (primary N) is 1. The second kappa shape index (κ2) is 7.38. The predicted octanol–water partition coefficient (Wildman–Crippen LogP) is 3.07. The van der Waals surface area contributed by atoms with Crippen molar-refractivity contribution in [2.24, 2.45) is 5.73 Å². The van der Waals surface area contributed by atoms with E-state index in [1.54, 1.807) is 31.2 Å². The average Bonchev–Trinajstić information content (AvgIpc) is 2.61. The number of hydrogen-bond donors (Lipinski definition) is 2. The number of anilines is 1.